The number of halogens is 1. The molecule has 0 bridgehead atoms. The summed E-state index contributed by atoms with van der Waals surface area (Å²) in [4.78, 5) is 14.6. The van der Waals surface area contributed by atoms with E-state index in [1.165, 1.54) is 11.3 Å². The molecular formula is C23H22ClN3OS. The standard InChI is InChI=1S/C23H22ClN3OS/c1-13(2)16-9-7-8-14(3)21(16)25-22(28)20-12-17-15(4)26-27(23(17)29-20)19-11-6-5-10-18(19)24/h5-13H,1-4H3,(H,25,28). The highest BCUT2D eigenvalue weighted by atomic mass is 35.5. The van der Waals surface area contributed by atoms with Crippen LogP contribution in [0.4, 0.5) is 5.69 Å². The number of anilines is 1. The number of nitrogens with zero attached hydrogens (tertiary/aromatic N) is 2. The van der Waals surface area contributed by atoms with Crippen LogP contribution in [-0.2, 0) is 0 Å². The highest BCUT2D eigenvalue weighted by Crippen LogP contribution is 2.34. The van der Waals surface area contributed by atoms with Gasteiger partial charge >= 0.3 is 0 Å². The van der Waals surface area contributed by atoms with Crippen LogP contribution in [0.5, 0.6) is 0 Å². The number of aromatic nitrogens is 2. The minimum Gasteiger partial charge on any atom is -0.321 e. The van der Waals surface area contributed by atoms with E-state index in [1.54, 1.807) is 0 Å². The lowest BCUT2D eigenvalue weighted by Crippen LogP contribution is -2.13. The van der Waals surface area contributed by atoms with E-state index in [0.717, 1.165) is 38.4 Å². The molecule has 0 radical (unpaired) electrons. The number of carbonyl (C=O) groups excluding carboxylic acids is 1. The fourth-order valence-electron chi connectivity index (χ4n) is 3.46. The number of rotatable bonds is 4. The molecule has 0 fully saturated rings. The molecule has 2 heterocycles. The quantitative estimate of drug-likeness (QED) is 0.395. The number of para-hydroxylation sites is 2. The number of nitrogens with one attached hydrogen (secondary N) is 1. The first kappa shape index (κ1) is 19.7. The van der Waals surface area contributed by atoms with E-state index in [-0.39, 0.29) is 5.91 Å². The van der Waals surface area contributed by atoms with Crippen molar-refractivity contribution >= 4 is 44.7 Å². The maximum Gasteiger partial charge on any atom is 0.265 e. The number of amides is 1. The van der Waals surface area contributed by atoms with E-state index in [2.05, 4.69) is 30.3 Å². The van der Waals surface area contributed by atoms with E-state index >= 15 is 0 Å². The largest absolute Gasteiger partial charge is 0.321 e. The molecule has 6 heteroatoms. The summed E-state index contributed by atoms with van der Waals surface area (Å²) in [6.45, 7) is 8.23. The number of aryl methyl sites for hydroxylation is 2. The van der Waals surface area contributed by atoms with Gasteiger partial charge in [0.25, 0.3) is 5.91 Å². The third-order valence-electron chi connectivity index (χ3n) is 5.01. The number of carbonyl (C=O) groups is 1. The first-order valence-corrected chi connectivity index (χ1v) is 10.7. The van der Waals surface area contributed by atoms with Crippen molar-refractivity contribution in [1.82, 2.24) is 9.78 Å². The molecule has 4 nitrogen and oxygen atoms in total. The molecule has 0 aliphatic heterocycles. The highest BCUT2D eigenvalue weighted by Gasteiger charge is 2.20. The molecule has 0 unspecified atom stereocenters. The van der Waals surface area contributed by atoms with Gasteiger partial charge in [-0.3, -0.25) is 4.79 Å². The van der Waals surface area contributed by atoms with Gasteiger partial charge in [0.15, 0.2) is 0 Å². The van der Waals surface area contributed by atoms with Crippen molar-refractivity contribution in [2.75, 3.05) is 5.32 Å². The van der Waals surface area contributed by atoms with E-state index < -0.39 is 0 Å². The summed E-state index contributed by atoms with van der Waals surface area (Å²) in [6, 6.07) is 15.6. The van der Waals surface area contributed by atoms with Crippen LogP contribution in [0.3, 0.4) is 0 Å². The van der Waals surface area contributed by atoms with Crippen molar-refractivity contribution in [3.63, 3.8) is 0 Å². The second kappa shape index (κ2) is 7.65. The maximum absolute atomic E-state index is 13.1. The summed E-state index contributed by atoms with van der Waals surface area (Å²) in [5, 5.41) is 9.35. The van der Waals surface area contributed by atoms with E-state index in [9.17, 15) is 4.79 Å². The van der Waals surface area contributed by atoms with Gasteiger partial charge in [-0.15, -0.1) is 11.3 Å². The zero-order valence-electron chi connectivity index (χ0n) is 16.8. The van der Waals surface area contributed by atoms with Crippen molar-refractivity contribution in [2.24, 2.45) is 0 Å². The molecule has 0 saturated carbocycles. The molecule has 0 aliphatic carbocycles. The second-order valence-corrected chi connectivity index (χ2v) is 8.86. The monoisotopic (exact) mass is 423 g/mol. The molecule has 0 spiro atoms. The Labute approximate surface area is 179 Å². The summed E-state index contributed by atoms with van der Waals surface area (Å²) < 4.78 is 1.82. The van der Waals surface area contributed by atoms with Crippen LogP contribution in [-0.4, -0.2) is 15.7 Å². The Hall–Kier alpha value is -2.63. The maximum atomic E-state index is 13.1. The van der Waals surface area contributed by atoms with Crippen molar-refractivity contribution in [2.45, 2.75) is 33.6 Å². The predicted octanol–water partition coefficient (Wildman–Crippen LogP) is 6.73. The Balaban J connectivity index is 1.74. The molecule has 148 valence electrons. The van der Waals surface area contributed by atoms with Crippen LogP contribution < -0.4 is 5.32 Å². The van der Waals surface area contributed by atoms with Crippen molar-refractivity contribution in [3.05, 3.63) is 75.3 Å². The summed E-state index contributed by atoms with van der Waals surface area (Å²) >= 11 is 7.80. The summed E-state index contributed by atoms with van der Waals surface area (Å²) in [5.41, 5.74) is 4.77. The third kappa shape index (κ3) is 3.56. The van der Waals surface area contributed by atoms with Gasteiger partial charge in [0, 0.05) is 11.1 Å². The molecule has 2 aromatic heterocycles. The SMILES string of the molecule is Cc1cccc(C(C)C)c1NC(=O)c1cc2c(C)nn(-c3ccccc3Cl)c2s1. The van der Waals surface area contributed by atoms with E-state index in [0.29, 0.717) is 15.8 Å². The Morgan fingerprint density at radius 1 is 1.14 bits per heavy atom. The average Bonchev–Trinajstić information content (AvgIpc) is 3.24. The van der Waals surface area contributed by atoms with E-state index in [1.807, 2.05) is 61.0 Å². The molecule has 29 heavy (non-hydrogen) atoms. The number of benzene rings is 2. The van der Waals surface area contributed by atoms with Crippen LogP contribution in [0.2, 0.25) is 5.02 Å². The van der Waals surface area contributed by atoms with E-state index in [4.69, 9.17) is 11.6 Å². The lowest BCUT2D eigenvalue weighted by molar-refractivity contribution is 0.103. The van der Waals surface area contributed by atoms with Crippen LogP contribution in [0, 0.1) is 13.8 Å². The lowest BCUT2D eigenvalue weighted by atomic mass is 9.98. The van der Waals surface area contributed by atoms with Crippen LogP contribution >= 0.6 is 22.9 Å². The molecule has 2 aromatic carbocycles. The van der Waals surface area contributed by atoms with Crippen molar-refractivity contribution < 1.29 is 4.79 Å². The first-order valence-electron chi connectivity index (χ1n) is 9.51. The van der Waals surface area contributed by atoms with Gasteiger partial charge in [-0.25, -0.2) is 4.68 Å². The topological polar surface area (TPSA) is 46.9 Å². The number of thiophene rings is 1. The van der Waals surface area contributed by atoms with Gasteiger partial charge in [-0.05, 0) is 49.1 Å². The zero-order valence-corrected chi connectivity index (χ0v) is 18.4. The average molecular weight is 424 g/mol. The summed E-state index contributed by atoms with van der Waals surface area (Å²) in [6.07, 6.45) is 0. The zero-order chi connectivity index (χ0) is 20.7. The molecule has 0 aliphatic rings. The minimum absolute atomic E-state index is 0.104. The summed E-state index contributed by atoms with van der Waals surface area (Å²) in [5.74, 6) is 0.219. The van der Waals surface area contributed by atoms with Crippen LogP contribution in [0.25, 0.3) is 15.9 Å². The second-order valence-electron chi connectivity index (χ2n) is 7.43. The smallest absolute Gasteiger partial charge is 0.265 e. The molecule has 0 atom stereocenters. The van der Waals surface area contributed by atoms with Gasteiger partial charge < -0.3 is 5.32 Å². The van der Waals surface area contributed by atoms with Gasteiger partial charge in [-0.2, -0.15) is 5.10 Å². The van der Waals surface area contributed by atoms with Crippen LogP contribution in [0.1, 0.15) is 46.3 Å². The fourth-order valence-corrected chi connectivity index (χ4v) is 4.75. The van der Waals surface area contributed by atoms with Gasteiger partial charge in [0.1, 0.15) is 4.83 Å². The Bertz CT molecular complexity index is 1220. The first-order chi connectivity index (χ1) is 13.9. The highest BCUT2D eigenvalue weighted by molar-refractivity contribution is 7.20. The van der Waals surface area contributed by atoms with Crippen molar-refractivity contribution in [3.8, 4) is 5.69 Å². The van der Waals surface area contributed by atoms with Gasteiger partial charge in [-0.1, -0.05) is 55.8 Å². The lowest BCUT2D eigenvalue weighted by Gasteiger charge is -2.16. The Morgan fingerprint density at radius 2 is 1.90 bits per heavy atom. The van der Waals surface area contributed by atoms with Gasteiger partial charge in [0.2, 0.25) is 0 Å². The predicted molar refractivity (Wildman–Crippen MR) is 122 cm³/mol. The third-order valence-corrected chi connectivity index (χ3v) is 6.44. The molecule has 1 N–H and O–H groups in total. The van der Waals surface area contributed by atoms with Gasteiger partial charge in [0.05, 0.1) is 21.3 Å². The van der Waals surface area contributed by atoms with Crippen LogP contribution in [0.15, 0.2) is 48.5 Å². The Morgan fingerprint density at radius 3 is 2.62 bits per heavy atom. The number of hydrogen-bond acceptors (Lipinski definition) is 3. The molecule has 1 amide bonds. The molecule has 4 aromatic rings. The minimum atomic E-state index is -0.104. The fraction of sp³-hybridized carbons (Fsp3) is 0.217. The molecule has 4 rings (SSSR count). The number of fused-ring (bicyclic) bond motifs is 1. The Kier molecular flexibility index (Phi) is 5.19. The summed E-state index contributed by atoms with van der Waals surface area (Å²) in [7, 11) is 0. The normalized spacial score (nSPS) is 11.4. The van der Waals surface area contributed by atoms with Crippen molar-refractivity contribution in [1.29, 1.82) is 0 Å². The number of hydrogen-bond donors (Lipinski definition) is 1. The molecular weight excluding hydrogens is 402 g/mol. The molecule has 0 saturated heterocycles.